The zero-order valence-corrected chi connectivity index (χ0v) is 77.5. The van der Waals surface area contributed by atoms with Crippen LogP contribution >= 0.6 is 0 Å². The van der Waals surface area contributed by atoms with Crippen molar-refractivity contribution in [2.75, 3.05) is 0 Å². The Morgan fingerprint density at radius 1 is 0.139 bits per heavy atom. The van der Waals surface area contributed by atoms with Crippen LogP contribution in [0.5, 0.6) is 0 Å². The van der Waals surface area contributed by atoms with Crippen molar-refractivity contribution in [2.24, 2.45) is 0 Å². The van der Waals surface area contributed by atoms with Crippen LogP contribution in [0.15, 0.2) is 492 Å². The molecule has 15 nitrogen and oxygen atoms in total. The van der Waals surface area contributed by atoms with E-state index in [0.29, 0.717) is 0 Å². The molecule has 0 spiro atoms. The third-order valence-electron chi connectivity index (χ3n) is 28.1. The van der Waals surface area contributed by atoms with Crippen LogP contribution in [0.2, 0.25) is 0 Å². The molecule has 0 saturated carbocycles. The molecule has 0 fully saturated rings. The molecule has 672 valence electrons. The van der Waals surface area contributed by atoms with Crippen LogP contribution in [0.25, 0.3) is 266 Å². The van der Waals surface area contributed by atoms with Crippen LogP contribution in [0.3, 0.4) is 0 Å². The van der Waals surface area contributed by atoms with E-state index in [2.05, 4.69) is 372 Å². The van der Waals surface area contributed by atoms with Crippen molar-refractivity contribution in [3.05, 3.63) is 492 Å². The number of para-hydroxylation sites is 14. The van der Waals surface area contributed by atoms with Gasteiger partial charge in [-0.3, -0.25) is 18.7 Å². The molecule has 0 saturated heterocycles. The summed E-state index contributed by atoms with van der Waals surface area (Å²) in [6.45, 7) is 0. The number of aromatic nitrogens is 15. The second kappa shape index (κ2) is 34.1. The number of hydrogen-bond donors (Lipinski definition) is 0. The summed E-state index contributed by atoms with van der Waals surface area (Å²) in [5.41, 5.74) is 33.9. The van der Waals surface area contributed by atoms with Gasteiger partial charge >= 0.3 is 0 Å². The molecule has 12 aromatic heterocycles. The maximum Gasteiger partial charge on any atom is 0.138 e. The van der Waals surface area contributed by atoms with Crippen molar-refractivity contribution in [1.29, 1.82) is 0 Å². The maximum atomic E-state index is 5.20. The van der Waals surface area contributed by atoms with Crippen molar-refractivity contribution < 1.29 is 0 Å². The molecule has 0 bridgehead atoms. The van der Waals surface area contributed by atoms with Crippen molar-refractivity contribution in [1.82, 2.24) is 72.3 Å². The minimum Gasteiger partial charge on any atom is -0.309 e. The number of benzene rings is 18. The Balaban J connectivity index is 0.000000106. The largest absolute Gasteiger partial charge is 0.309 e. The van der Waals surface area contributed by atoms with E-state index in [1.807, 2.05) is 152 Å². The minimum atomic E-state index is 0.825. The van der Waals surface area contributed by atoms with Crippen molar-refractivity contribution in [3.63, 3.8) is 0 Å². The smallest absolute Gasteiger partial charge is 0.138 e. The Morgan fingerprint density at radius 3 is 0.708 bits per heavy atom. The highest BCUT2D eigenvalue weighted by atomic mass is 15.1. The number of fused-ring (bicyclic) bond motifs is 21. The highest BCUT2D eigenvalue weighted by molar-refractivity contribution is 6.23. The fourth-order valence-corrected chi connectivity index (χ4v) is 21.6. The first-order valence-corrected chi connectivity index (χ1v) is 48.4. The summed E-state index contributed by atoms with van der Waals surface area (Å²) in [5.74, 6) is 2.51. The van der Waals surface area contributed by atoms with Gasteiger partial charge in [-0.05, 0) is 193 Å². The molecular formula is C129H81N15. The van der Waals surface area contributed by atoms with Gasteiger partial charge in [0.2, 0.25) is 0 Å². The second-order valence-corrected chi connectivity index (χ2v) is 36.4. The van der Waals surface area contributed by atoms with Crippen molar-refractivity contribution in [2.45, 2.75) is 0 Å². The molecule has 0 aliphatic carbocycles. The van der Waals surface area contributed by atoms with E-state index < -0.39 is 0 Å². The zero-order chi connectivity index (χ0) is 94.8. The van der Waals surface area contributed by atoms with Gasteiger partial charge in [-0.1, -0.05) is 285 Å². The maximum absolute atomic E-state index is 5.20. The predicted octanol–water partition coefficient (Wildman–Crippen LogP) is 31.7. The van der Waals surface area contributed by atoms with Crippen LogP contribution in [0, 0.1) is 0 Å². The molecule has 0 radical (unpaired) electrons. The first-order valence-electron chi connectivity index (χ1n) is 48.4. The first-order chi connectivity index (χ1) is 71.4. The molecule has 30 aromatic rings. The van der Waals surface area contributed by atoms with Gasteiger partial charge in [0.15, 0.2) is 0 Å². The highest BCUT2D eigenvalue weighted by Crippen LogP contribution is 2.47. The molecule has 12 heterocycles. The molecule has 15 heteroatoms. The van der Waals surface area contributed by atoms with Crippen LogP contribution in [-0.4, -0.2) is 72.3 Å². The molecule has 0 aliphatic rings. The monoisotopic (exact) mass is 1840 g/mol. The van der Waals surface area contributed by atoms with E-state index >= 15 is 0 Å². The van der Waals surface area contributed by atoms with Crippen molar-refractivity contribution in [3.8, 4) is 102 Å². The average molecular weight is 1840 g/mol. The van der Waals surface area contributed by atoms with Gasteiger partial charge in [-0.25, -0.2) is 39.9 Å². The molecule has 0 unspecified atom stereocenters. The quantitative estimate of drug-likeness (QED) is 0.117. The molecule has 0 N–H and O–H groups in total. The molecule has 18 aromatic carbocycles. The average Bonchev–Trinajstić information content (AvgIpc) is 1.56. The normalized spacial score (nSPS) is 11.8. The van der Waals surface area contributed by atoms with Crippen LogP contribution in [-0.2, 0) is 0 Å². The molecular weight excluding hydrogens is 1760 g/mol. The van der Waals surface area contributed by atoms with Gasteiger partial charge in [0.05, 0.1) is 134 Å². The number of pyridine rings is 3. The zero-order valence-electron chi connectivity index (χ0n) is 77.5. The number of nitrogens with zero attached hydrogens (tertiary/aromatic N) is 15. The van der Waals surface area contributed by atoms with Crippen LogP contribution in [0.4, 0.5) is 0 Å². The summed E-state index contributed by atoms with van der Waals surface area (Å²) in [6.07, 6.45) is 7.48. The summed E-state index contributed by atoms with van der Waals surface area (Å²) >= 11 is 0. The van der Waals surface area contributed by atoms with E-state index in [9.17, 15) is 0 Å². The standard InChI is InChI=1S/C49H31N5.C43H27N5.C37H23N5/c1-3-13-32(14-4-1)33-23-25-36(26-24-33)53-43-21-11-7-17-37(43)39-31-46-40(30-45(39)53)38-18-8-12-22-44(38)54(46)47-29-35(27-28-50-47)49-48(34-15-5-2-6-16-34)51-41-19-9-10-20-42(41)52-49;1-3-13-28(14-4-1)42-43(46-36-20-10-9-19-35(36)45-42)29-23-24-44-41(25-29)48-38-22-12-8-18-32(38)34-26-39-33(27-40(34)48)31-17-7-11-21-37(31)47(39)30-15-5-2-6-16-30;1-2-10-25(11-3-1)41-33-16-8-4-12-26(33)28-22-36-29(21-35(28)41)27-13-5-9-17-34(27)42(36)37-20-24(18-19-38-37)32-23-39-30-14-6-7-15-31(30)40-32/h1-31H;1-27H;1-23H. The Hall–Kier alpha value is -19.8. The lowest BCUT2D eigenvalue weighted by atomic mass is 10.0. The topological polar surface area (TPSA) is 146 Å². The molecule has 0 amide bonds. The summed E-state index contributed by atoms with van der Waals surface area (Å²) in [4.78, 5) is 45.0. The molecule has 144 heavy (non-hydrogen) atoms. The van der Waals surface area contributed by atoms with E-state index in [4.69, 9.17) is 39.9 Å². The Bertz CT molecular complexity index is 10400. The number of rotatable bonds is 12. The Kier molecular flexibility index (Phi) is 19.6. The van der Waals surface area contributed by atoms with Gasteiger partial charge in [0, 0.05) is 128 Å². The summed E-state index contributed by atoms with van der Waals surface area (Å²) in [7, 11) is 0. The molecule has 0 aliphatic heterocycles. The summed E-state index contributed by atoms with van der Waals surface area (Å²) < 4.78 is 14.0. The summed E-state index contributed by atoms with van der Waals surface area (Å²) in [6, 6.07) is 164. The number of hydrogen-bond acceptors (Lipinski definition) is 9. The Morgan fingerprint density at radius 2 is 0.375 bits per heavy atom. The lowest BCUT2D eigenvalue weighted by Crippen LogP contribution is -2.00. The highest BCUT2D eigenvalue weighted by Gasteiger charge is 2.27. The van der Waals surface area contributed by atoms with E-state index in [1.54, 1.807) is 0 Å². The van der Waals surface area contributed by atoms with Gasteiger partial charge in [0.25, 0.3) is 0 Å². The minimum absolute atomic E-state index is 0.825. The van der Waals surface area contributed by atoms with Gasteiger partial charge in [0.1, 0.15) is 17.5 Å². The van der Waals surface area contributed by atoms with Crippen LogP contribution < -0.4 is 0 Å². The summed E-state index contributed by atoms with van der Waals surface area (Å²) in [5, 5.41) is 14.3. The van der Waals surface area contributed by atoms with Gasteiger partial charge < -0.3 is 13.7 Å². The van der Waals surface area contributed by atoms with Crippen molar-refractivity contribution >= 4 is 164 Å². The van der Waals surface area contributed by atoms with Gasteiger partial charge in [-0.15, -0.1) is 0 Å². The molecule has 30 rings (SSSR count). The van der Waals surface area contributed by atoms with E-state index in [1.165, 1.54) is 109 Å². The third-order valence-corrected chi connectivity index (χ3v) is 28.1. The fraction of sp³-hybridized carbons (Fsp3) is 0. The fourth-order valence-electron chi connectivity index (χ4n) is 21.6. The van der Waals surface area contributed by atoms with E-state index in [-0.39, 0.29) is 0 Å². The molecule has 0 atom stereocenters. The second-order valence-electron chi connectivity index (χ2n) is 36.4. The Labute approximate surface area is 824 Å². The van der Waals surface area contributed by atoms with Gasteiger partial charge in [-0.2, -0.15) is 0 Å². The SMILES string of the molecule is c1ccc(-c2ccc(-n3c4ccccc4c4cc5c(cc43)c3ccccc3n5-c3cc(-c4nc5ccccc5nc4-c4ccccc4)ccn3)cc2)cc1.c1ccc(-c2nc3ccccc3nc2-c2ccnc(-n3c4ccccc4c4cc5c(cc43)c3ccccc3n5-c3ccccc3)c2)cc1.c1ccc(-n2c3ccccc3c3cc4c(cc32)c2ccccc2n4-c2cc(-c3cnc4ccccc4n3)ccn2)cc1. The van der Waals surface area contributed by atoms with Crippen LogP contribution in [0.1, 0.15) is 0 Å². The predicted molar refractivity (Wildman–Crippen MR) is 591 cm³/mol. The van der Waals surface area contributed by atoms with E-state index in [0.717, 1.165) is 157 Å². The first kappa shape index (κ1) is 82.5. The lowest BCUT2D eigenvalue weighted by molar-refractivity contribution is 1.08. The lowest BCUT2D eigenvalue weighted by Gasteiger charge is -2.13. The third kappa shape index (κ3) is 13.8.